The lowest BCUT2D eigenvalue weighted by atomic mass is 9.81. The fourth-order valence-corrected chi connectivity index (χ4v) is 2.52. The van der Waals surface area contributed by atoms with Crippen LogP contribution < -0.4 is 11.1 Å². The predicted molar refractivity (Wildman–Crippen MR) is 64.9 cm³/mol. The Morgan fingerprint density at radius 1 is 1.27 bits per heavy atom. The Hall–Kier alpha value is -1.02. The fraction of sp³-hybridized carbons (Fsp3) is 0.538. The van der Waals surface area contributed by atoms with Crippen molar-refractivity contribution in [2.24, 2.45) is 5.92 Å². The highest BCUT2D eigenvalue weighted by atomic mass is 14.9. The molecule has 82 valence electrons. The number of para-hydroxylation sites is 1. The Morgan fingerprint density at radius 3 is 2.60 bits per heavy atom. The average molecular weight is 204 g/mol. The molecule has 1 fully saturated rings. The molecule has 0 saturated carbocycles. The maximum atomic E-state index is 6.01. The van der Waals surface area contributed by atoms with Gasteiger partial charge in [-0.3, -0.25) is 0 Å². The van der Waals surface area contributed by atoms with Crippen LogP contribution >= 0.6 is 0 Å². The van der Waals surface area contributed by atoms with Crippen molar-refractivity contribution in [2.75, 3.05) is 18.8 Å². The summed E-state index contributed by atoms with van der Waals surface area (Å²) < 4.78 is 0. The highest BCUT2D eigenvalue weighted by Crippen LogP contribution is 2.33. The van der Waals surface area contributed by atoms with Gasteiger partial charge < -0.3 is 11.1 Å². The molecule has 2 nitrogen and oxygen atoms in total. The Labute approximate surface area is 91.9 Å². The summed E-state index contributed by atoms with van der Waals surface area (Å²) in [6.45, 7) is 4.62. The number of nitrogen functional groups attached to an aromatic ring is 1. The number of nitrogens with two attached hydrogens (primary N) is 1. The van der Waals surface area contributed by atoms with Crippen LogP contribution in [0, 0.1) is 5.92 Å². The molecule has 0 aliphatic carbocycles. The molecule has 1 saturated heterocycles. The third-order valence-electron chi connectivity index (χ3n) is 3.58. The second kappa shape index (κ2) is 4.67. The standard InChI is InChI=1S/C13H20N2/c1-10(11-6-8-15-9-7-11)12-4-2-3-5-13(12)14/h2-5,10-11,15H,6-9,14H2,1H3. The maximum Gasteiger partial charge on any atom is 0.0349 e. The second-order valence-electron chi connectivity index (χ2n) is 4.51. The second-order valence-corrected chi connectivity index (χ2v) is 4.51. The van der Waals surface area contributed by atoms with Gasteiger partial charge in [0.05, 0.1) is 0 Å². The summed E-state index contributed by atoms with van der Waals surface area (Å²) >= 11 is 0. The van der Waals surface area contributed by atoms with Crippen molar-refractivity contribution in [3.05, 3.63) is 29.8 Å². The minimum absolute atomic E-state index is 0.591. The van der Waals surface area contributed by atoms with E-state index in [0.29, 0.717) is 5.92 Å². The van der Waals surface area contributed by atoms with E-state index < -0.39 is 0 Å². The van der Waals surface area contributed by atoms with Crippen molar-refractivity contribution in [2.45, 2.75) is 25.7 Å². The topological polar surface area (TPSA) is 38.0 Å². The fourth-order valence-electron chi connectivity index (χ4n) is 2.52. The average Bonchev–Trinajstić information content (AvgIpc) is 2.30. The largest absolute Gasteiger partial charge is 0.398 e. The number of nitrogens with one attached hydrogen (secondary N) is 1. The number of hydrogen-bond donors (Lipinski definition) is 2. The van der Waals surface area contributed by atoms with E-state index in [2.05, 4.69) is 24.4 Å². The molecule has 1 aromatic rings. The number of rotatable bonds is 2. The van der Waals surface area contributed by atoms with Crippen molar-refractivity contribution < 1.29 is 0 Å². The number of anilines is 1. The van der Waals surface area contributed by atoms with Crippen molar-refractivity contribution >= 4 is 5.69 Å². The van der Waals surface area contributed by atoms with E-state index in [4.69, 9.17) is 5.73 Å². The van der Waals surface area contributed by atoms with Gasteiger partial charge in [0.1, 0.15) is 0 Å². The third kappa shape index (κ3) is 2.32. The molecule has 1 aromatic carbocycles. The zero-order valence-electron chi connectivity index (χ0n) is 9.37. The first-order chi connectivity index (χ1) is 7.29. The van der Waals surface area contributed by atoms with E-state index in [-0.39, 0.29) is 0 Å². The van der Waals surface area contributed by atoms with Crippen LogP contribution in [0.2, 0.25) is 0 Å². The molecule has 0 amide bonds. The maximum absolute atomic E-state index is 6.01. The molecule has 3 N–H and O–H groups in total. The monoisotopic (exact) mass is 204 g/mol. The van der Waals surface area contributed by atoms with Crippen LogP contribution in [0.15, 0.2) is 24.3 Å². The lowest BCUT2D eigenvalue weighted by Gasteiger charge is -2.29. The first kappa shape index (κ1) is 10.5. The summed E-state index contributed by atoms with van der Waals surface area (Å²) in [7, 11) is 0. The highest BCUT2D eigenvalue weighted by Gasteiger charge is 2.22. The SMILES string of the molecule is CC(c1ccccc1N)C1CCNCC1. The zero-order valence-corrected chi connectivity index (χ0v) is 9.37. The van der Waals surface area contributed by atoms with Crippen LogP contribution in [-0.2, 0) is 0 Å². The number of hydrogen-bond acceptors (Lipinski definition) is 2. The van der Waals surface area contributed by atoms with Crippen LogP contribution in [-0.4, -0.2) is 13.1 Å². The molecule has 2 heteroatoms. The summed E-state index contributed by atoms with van der Waals surface area (Å²) in [6.07, 6.45) is 2.55. The molecule has 1 unspecified atom stereocenters. The molecule has 0 bridgehead atoms. The Kier molecular flexibility index (Phi) is 3.27. The highest BCUT2D eigenvalue weighted by molar-refractivity contribution is 5.48. The molecule has 1 atom stereocenters. The quantitative estimate of drug-likeness (QED) is 0.726. The van der Waals surface area contributed by atoms with Gasteiger partial charge in [-0.15, -0.1) is 0 Å². The number of piperidine rings is 1. The summed E-state index contributed by atoms with van der Waals surface area (Å²) in [6, 6.07) is 8.27. The van der Waals surface area contributed by atoms with Gasteiger partial charge >= 0.3 is 0 Å². The lowest BCUT2D eigenvalue weighted by Crippen LogP contribution is -2.30. The molecule has 0 spiro atoms. The van der Waals surface area contributed by atoms with Gasteiger partial charge in [0.15, 0.2) is 0 Å². The zero-order chi connectivity index (χ0) is 10.7. The molecular formula is C13H20N2. The number of benzene rings is 1. The Bertz CT molecular complexity index is 316. The van der Waals surface area contributed by atoms with E-state index >= 15 is 0 Å². The van der Waals surface area contributed by atoms with Crippen LogP contribution in [0.25, 0.3) is 0 Å². The normalized spacial score (nSPS) is 20.1. The first-order valence-electron chi connectivity index (χ1n) is 5.84. The van der Waals surface area contributed by atoms with Crippen LogP contribution in [0.1, 0.15) is 31.2 Å². The molecule has 0 radical (unpaired) electrons. The van der Waals surface area contributed by atoms with Gasteiger partial charge in [-0.05, 0) is 49.4 Å². The molecule has 1 aliphatic heterocycles. The van der Waals surface area contributed by atoms with Crippen molar-refractivity contribution in [1.82, 2.24) is 5.32 Å². The van der Waals surface area contributed by atoms with Crippen LogP contribution in [0.5, 0.6) is 0 Å². The molecule has 15 heavy (non-hydrogen) atoms. The van der Waals surface area contributed by atoms with Gasteiger partial charge in [-0.1, -0.05) is 25.1 Å². The van der Waals surface area contributed by atoms with Crippen molar-refractivity contribution in [3.8, 4) is 0 Å². The van der Waals surface area contributed by atoms with E-state index in [1.54, 1.807) is 0 Å². The molecule has 1 heterocycles. The molecule has 1 aliphatic rings. The van der Waals surface area contributed by atoms with Gasteiger partial charge in [0, 0.05) is 5.69 Å². The van der Waals surface area contributed by atoms with E-state index in [0.717, 1.165) is 24.7 Å². The summed E-state index contributed by atoms with van der Waals surface area (Å²) in [4.78, 5) is 0. The minimum atomic E-state index is 0.591. The van der Waals surface area contributed by atoms with E-state index in [1.807, 2.05) is 12.1 Å². The third-order valence-corrected chi connectivity index (χ3v) is 3.58. The first-order valence-corrected chi connectivity index (χ1v) is 5.84. The van der Waals surface area contributed by atoms with Gasteiger partial charge in [-0.2, -0.15) is 0 Å². The van der Waals surface area contributed by atoms with Crippen molar-refractivity contribution in [1.29, 1.82) is 0 Å². The van der Waals surface area contributed by atoms with Gasteiger partial charge in [0.25, 0.3) is 0 Å². The molecular weight excluding hydrogens is 184 g/mol. The lowest BCUT2D eigenvalue weighted by molar-refractivity contribution is 0.331. The van der Waals surface area contributed by atoms with Gasteiger partial charge in [0.2, 0.25) is 0 Å². The van der Waals surface area contributed by atoms with Crippen LogP contribution in [0.3, 0.4) is 0 Å². The van der Waals surface area contributed by atoms with Gasteiger partial charge in [-0.25, -0.2) is 0 Å². The Balaban J connectivity index is 2.12. The molecule has 2 rings (SSSR count). The predicted octanol–water partition coefficient (Wildman–Crippen LogP) is 2.37. The van der Waals surface area contributed by atoms with Crippen molar-refractivity contribution in [3.63, 3.8) is 0 Å². The summed E-state index contributed by atoms with van der Waals surface area (Å²) in [5, 5.41) is 3.40. The summed E-state index contributed by atoms with van der Waals surface area (Å²) in [5.41, 5.74) is 8.28. The minimum Gasteiger partial charge on any atom is -0.398 e. The molecule has 0 aromatic heterocycles. The van der Waals surface area contributed by atoms with E-state index in [1.165, 1.54) is 18.4 Å². The van der Waals surface area contributed by atoms with E-state index in [9.17, 15) is 0 Å². The summed E-state index contributed by atoms with van der Waals surface area (Å²) in [5.74, 6) is 1.38. The van der Waals surface area contributed by atoms with Crippen LogP contribution in [0.4, 0.5) is 5.69 Å². The smallest absolute Gasteiger partial charge is 0.0349 e. The Morgan fingerprint density at radius 2 is 1.93 bits per heavy atom.